The van der Waals surface area contributed by atoms with Gasteiger partial charge in [0.25, 0.3) is 5.56 Å². The van der Waals surface area contributed by atoms with Crippen LogP contribution in [0.4, 0.5) is 5.82 Å². The van der Waals surface area contributed by atoms with Gasteiger partial charge in [0.15, 0.2) is 0 Å². The SMILES string of the molecule is CCn1c(=O)c(-c2c(C)c(C)cc(C)c2C)cc2cnc(NCCCN3CCN(C)CC3)cc21. The average Bonchev–Trinajstić information content (AvgIpc) is 2.82. The molecule has 0 aliphatic carbocycles. The number of pyridine rings is 2. The first-order chi connectivity index (χ1) is 16.3. The van der Waals surface area contributed by atoms with E-state index in [2.05, 4.69) is 60.9 Å². The van der Waals surface area contributed by atoms with Crippen molar-refractivity contribution in [1.29, 1.82) is 0 Å². The number of hydrogen-bond acceptors (Lipinski definition) is 5. The predicted octanol–water partition coefficient (Wildman–Crippen LogP) is 4.37. The molecule has 0 spiro atoms. The van der Waals surface area contributed by atoms with Gasteiger partial charge in [-0.2, -0.15) is 0 Å². The summed E-state index contributed by atoms with van der Waals surface area (Å²) in [4.78, 5) is 23.2. The summed E-state index contributed by atoms with van der Waals surface area (Å²) in [5.74, 6) is 0.832. The molecule has 1 saturated heterocycles. The molecule has 0 unspecified atom stereocenters. The highest BCUT2D eigenvalue weighted by Crippen LogP contribution is 2.31. The van der Waals surface area contributed by atoms with E-state index in [1.165, 1.54) is 22.3 Å². The largest absolute Gasteiger partial charge is 0.370 e. The third kappa shape index (κ3) is 4.89. The molecular formula is C28H39N5O. The molecule has 1 aliphatic heterocycles. The molecule has 0 amide bonds. The van der Waals surface area contributed by atoms with E-state index in [1.807, 2.05) is 29.8 Å². The minimum absolute atomic E-state index is 0.0680. The molecule has 1 fully saturated rings. The summed E-state index contributed by atoms with van der Waals surface area (Å²) >= 11 is 0. The maximum atomic E-state index is 13.6. The number of aryl methyl sites for hydroxylation is 3. The Morgan fingerprint density at radius 3 is 2.29 bits per heavy atom. The fraction of sp³-hybridized carbons (Fsp3) is 0.500. The van der Waals surface area contributed by atoms with Gasteiger partial charge in [-0.1, -0.05) is 6.07 Å². The van der Waals surface area contributed by atoms with Gasteiger partial charge in [0, 0.05) is 62.5 Å². The third-order valence-corrected chi connectivity index (χ3v) is 7.48. The number of likely N-dealkylation sites (N-methyl/N-ethyl adjacent to an activating group) is 1. The lowest BCUT2D eigenvalue weighted by Gasteiger charge is -2.32. The molecule has 1 N–H and O–H groups in total. The van der Waals surface area contributed by atoms with Crippen molar-refractivity contribution in [3.63, 3.8) is 0 Å². The number of nitrogens with one attached hydrogen (secondary N) is 1. The second-order valence-electron chi connectivity index (χ2n) is 9.80. The third-order valence-electron chi connectivity index (χ3n) is 7.48. The molecule has 1 aliphatic rings. The number of anilines is 1. The van der Waals surface area contributed by atoms with Gasteiger partial charge < -0.3 is 19.7 Å². The van der Waals surface area contributed by atoms with Gasteiger partial charge in [-0.05, 0) is 88.5 Å². The quantitative estimate of drug-likeness (QED) is 0.530. The number of hydrogen-bond donors (Lipinski definition) is 1. The summed E-state index contributed by atoms with van der Waals surface area (Å²) in [5, 5.41) is 4.47. The van der Waals surface area contributed by atoms with Crippen LogP contribution in [0.2, 0.25) is 0 Å². The normalized spacial score (nSPS) is 15.2. The van der Waals surface area contributed by atoms with Crippen LogP contribution in [0.15, 0.2) is 29.2 Å². The van der Waals surface area contributed by atoms with Gasteiger partial charge in [0.1, 0.15) is 5.82 Å². The Morgan fingerprint density at radius 2 is 1.65 bits per heavy atom. The summed E-state index contributed by atoms with van der Waals surface area (Å²) in [6.45, 7) is 17.7. The van der Waals surface area contributed by atoms with Crippen molar-refractivity contribution in [3.8, 4) is 11.1 Å². The zero-order chi connectivity index (χ0) is 24.4. The lowest BCUT2D eigenvalue weighted by Crippen LogP contribution is -2.44. The van der Waals surface area contributed by atoms with Crippen LogP contribution in [0, 0.1) is 27.7 Å². The summed E-state index contributed by atoms with van der Waals surface area (Å²) in [7, 11) is 2.19. The smallest absolute Gasteiger partial charge is 0.258 e. The standard InChI is InChI=1S/C28H39N5O/c1-7-33-25-17-26(29-9-8-10-32-13-11-31(6)12-14-32)30-18-23(25)16-24(28(33)34)27-21(4)19(2)15-20(3)22(27)5/h15-18H,7-14H2,1-6H3,(H,29,30). The van der Waals surface area contributed by atoms with Crippen LogP contribution in [-0.2, 0) is 6.54 Å². The van der Waals surface area contributed by atoms with Gasteiger partial charge in [0.2, 0.25) is 0 Å². The molecule has 0 saturated carbocycles. The van der Waals surface area contributed by atoms with Gasteiger partial charge in [-0.3, -0.25) is 4.79 Å². The topological polar surface area (TPSA) is 53.4 Å². The van der Waals surface area contributed by atoms with E-state index in [0.717, 1.165) is 73.5 Å². The van der Waals surface area contributed by atoms with E-state index in [4.69, 9.17) is 0 Å². The van der Waals surface area contributed by atoms with Crippen LogP contribution in [-0.4, -0.2) is 65.7 Å². The number of aromatic nitrogens is 2. The Bertz CT molecular complexity index is 1210. The van der Waals surface area contributed by atoms with Crippen molar-refractivity contribution >= 4 is 16.7 Å². The minimum Gasteiger partial charge on any atom is -0.370 e. The minimum atomic E-state index is 0.0680. The van der Waals surface area contributed by atoms with Crippen molar-refractivity contribution in [3.05, 3.63) is 57.0 Å². The summed E-state index contributed by atoms with van der Waals surface area (Å²) < 4.78 is 1.89. The maximum absolute atomic E-state index is 13.6. The molecule has 6 nitrogen and oxygen atoms in total. The molecule has 0 bridgehead atoms. The monoisotopic (exact) mass is 461 g/mol. The summed E-state index contributed by atoms with van der Waals surface area (Å²) in [5.41, 5.74) is 7.63. The molecule has 3 heterocycles. The van der Waals surface area contributed by atoms with E-state index >= 15 is 0 Å². The van der Waals surface area contributed by atoms with E-state index in [-0.39, 0.29) is 5.56 Å². The maximum Gasteiger partial charge on any atom is 0.258 e. The van der Waals surface area contributed by atoms with Gasteiger partial charge in [-0.25, -0.2) is 4.98 Å². The molecule has 4 rings (SSSR count). The van der Waals surface area contributed by atoms with E-state index in [1.54, 1.807) is 0 Å². The first-order valence-corrected chi connectivity index (χ1v) is 12.6. The second-order valence-corrected chi connectivity index (χ2v) is 9.80. The molecule has 0 radical (unpaired) electrons. The van der Waals surface area contributed by atoms with Crippen molar-refractivity contribution in [1.82, 2.24) is 19.4 Å². The molecule has 34 heavy (non-hydrogen) atoms. The Morgan fingerprint density at radius 1 is 0.971 bits per heavy atom. The number of piperazine rings is 1. The van der Waals surface area contributed by atoms with Crippen molar-refractivity contribution in [2.45, 2.75) is 47.6 Å². The summed E-state index contributed by atoms with van der Waals surface area (Å²) in [6, 6.07) is 6.26. The highest BCUT2D eigenvalue weighted by atomic mass is 16.1. The molecule has 3 aromatic rings. The molecule has 2 aromatic heterocycles. The Kier molecular flexibility index (Phi) is 7.39. The number of rotatable bonds is 7. The van der Waals surface area contributed by atoms with Crippen molar-refractivity contribution in [2.75, 3.05) is 51.6 Å². The van der Waals surface area contributed by atoms with Gasteiger partial charge in [-0.15, -0.1) is 0 Å². The van der Waals surface area contributed by atoms with E-state index < -0.39 is 0 Å². The highest BCUT2D eigenvalue weighted by molar-refractivity contribution is 5.86. The van der Waals surface area contributed by atoms with Gasteiger partial charge in [0.05, 0.1) is 5.52 Å². The fourth-order valence-electron chi connectivity index (χ4n) is 5.07. The molecule has 182 valence electrons. The highest BCUT2D eigenvalue weighted by Gasteiger charge is 2.17. The lowest BCUT2D eigenvalue weighted by atomic mass is 9.90. The van der Waals surface area contributed by atoms with Crippen molar-refractivity contribution in [2.24, 2.45) is 0 Å². The number of fused-ring (bicyclic) bond motifs is 1. The lowest BCUT2D eigenvalue weighted by molar-refractivity contribution is 0.154. The second kappa shape index (κ2) is 10.3. The zero-order valence-corrected chi connectivity index (χ0v) is 21.7. The Balaban J connectivity index is 1.58. The predicted molar refractivity (Wildman–Crippen MR) is 143 cm³/mol. The summed E-state index contributed by atoms with van der Waals surface area (Å²) in [6.07, 6.45) is 2.98. The fourth-order valence-corrected chi connectivity index (χ4v) is 5.07. The van der Waals surface area contributed by atoms with E-state index in [9.17, 15) is 4.79 Å². The van der Waals surface area contributed by atoms with Crippen LogP contribution in [0.5, 0.6) is 0 Å². The van der Waals surface area contributed by atoms with E-state index in [0.29, 0.717) is 6.54 Å². The van der Waals surface area contributed by atoms with Crippen LogP contribution < -0.4 is 10.9 Å². The molecule has 0 atom stereocenters. The number of benzene rings is 1. The van der Waals surface area contributed by atoms with Gasteiger partial charge >= 0.3 is 0 Å². The van der Waals surface area contributed by atoms with Crippen LogP contribution in [0.1, 0.15) is 35.6 Å². The van der Waals surface area contributed by atoms with Crippen molar-refractivity contribution < 1.29 is 0 Å². The Hall–Kier alpha value is -2.70. The first kappa shape index (κ1) is 24.4. The van der Waals surface area contributed by atoms with Crippen LogP contribution in [0.25, 0.3) is 22.0 Å². The average molecular weight is 462 g/mol. The zero-order valence-electron chi connectivity index (χ0n) is 21.7. The van der Waals surface area contributed by atoms with Crippen LogP contribution in [0.3, 0.4) is 0 Å². The molecule has 6 heteroatoms. The molecule has 1 aromatic carbocycles. The molecular weight excluding hydrogens is 422 g/mol. The Labute approximate surface area is 203 Å². The van der Waals surface area contributed by atoms with Crippen LogP contribution >= 0.6 is 0 Å². The number of nitrogens with zero attached hydrogens (tertiary/aromatic N) is 4. The first-order valence-electron chi connectivity index (χ1n) is 12.6.